The number of fused-ring (bicyclic) bond motifs is 2. The van der Waals surface area contributed by atoms with Crippen LogP contribution < -0.4 is 24.8 Å². The third kappa shape index (κ3) is 4.86. The SMILES string of the molecule is COc1cc(N2CCC(N3CCOCC3)CC2)ccc1Nc1ncc2c(n1)N(C)C(=O)c1ccccc1N2C. The fourth-order valence-electron chi connectivity index (χ4n) is 5.80. The average Bonchev–Trinajstić information content (AvgIpc) is 3.07. The minimum absolute atomic E-state index is 0.111. The number of hydrogen-bond donors (Lipinski definition) is 1. The summed E-state index contributed by atoms with van der Waals surface area (Å²) in [5, 5.41) is 3.30. The van der Waals surface area contributed by atoms with E-state index in [0.29, 0.717) is 23.4 Å². The van der Waals surface area contributed by atoms with Crippen LogP contribution in [-0.4, -0.2) is 87.4 Å². The van der Waals surface area contributed by atoms with Gasteiger partial charge in [-0.25, -0.2) is 4.98 Å². The van der Waals surface area contributed by atoms with Crippen LogP contribution in [0, 0.1) is 0 Å². The fraction of sp³-hybridized carbons (Fsp3) is 0.414. The molecule has 10 nitrogen and oxygen atoms in total. The first kappa shape index (κ1) is 25.4. The highest BCUT2D eigenvalue weighted by Crippen LogP contribution is 2.39. The Morgan fingerprint density at radius 2 is 1.74 bits per heavy atom. The summed E-state index contributed by atoms with van der Waals surface area (Å²) in [6.07, 6.45) is 4.04. The van der Waals surface area contributed by atoms with Crippen LogP contribution in [0.5, 0.6) is 5.75 Å². The van der Waals surface area contributed by atoms with Gasteiger partial charge in [0.1, 0.15) is 11.4 Å². The predicted octanol–water partition coefficient (Wildman–Crippen LogP) is 3.89. The van der Waals surface area contributed by atoms with Crippen molar-refractivity contribution in [3.63, 3.8) is 0 Å². The quantitative estimate of drug-likeness (QED) is 0.529. The highest BCUT2D eigenvalue weighted by Gasteiger charge is 2.29. The maximum absolute atomic E-state index is 13.2. The van der Waals surface area contributed by atoms with Crippen molar-refractivity contribution in [2.75, 3.05) is 80.6 Å². The fourth-order valence-corrected chi connectivity index (χ4v) is 5.80. The van der Waals surface area contributed by atoms with Gasteiger partial charge >= 0.3 is 0 Å². The molecule has 1 amide bonds. The zero-order valence-electron chi connectivity index (χ0n) is 22.8. The number of piperidine rings is 1. The van der Waals surface area contributed by atoms with E-state index in [0.717, 1.165) is 80.7 Å². The van der Waals surface area contributed by atoms with Crippen LogP contribution >= 0.6 is 0 Å². The monoisotopic (exact) mass is 529 g/mol. The van der Waals surface area contributed by atoms with Crippen LogP contribution in [0.1, 0.15) is 23.2 Å². The first-order valence-electron chi connectivity index (χ1n) is 13.5. The van der Waals surface area contributed by atoms with Crippen molar-refractivity contribution >= 4 is 40.4 Å². The maximum atomic E-state index is 13.2. The van der Waals surface area contributed by atoms with E-state index < -0.39 is 0 Å². The molecule has 2 fully saturated rings. The number of nitrogens with zero attached hydrogens (tertiary/aromatic N) is 6. The Balaban J connectivity index is 1.19. The molecule has 10 heteroatoms. The molecule has 3 aliphatic heterocycles. The molecule has 204 valence electrons. The average molecular weight is 530 g/mol. The lowest BCUT2D eigenvalue weighted by Crippen LogP contribution is -2.49. The van der Waals surface area contributed by atoms with Crippen molar-refractivity contribution in [3.05, 3.63) is 54.2 Å². The number of carbonyl (C=O) groups is 1. The zero-order chi connectivity index (χ0) is 26.9. The van der Waals surface area contributed by atoms with Gasteiger partial charge < -0.3 is 24.6 Å². The predicted molar refractivity (Wildman–Crippen MR) is 153 cm³/mol. The molecular weight excluding hydrogens is 494 g/mol. The van der Waals surface area contributed by atoms with Crippen molar-refractivity contribution in [3.8, 4) is 5.75 Å². The molecule has 39 heavy (non-hydrogen) atoms. The zero-order valence-corrected chi connectivity index (χ0v) is 22.8. The van der Waals surface area contributed by atoms with Crippen LogP contribution in [0.15, 0.2) is 48.7 Å². The van der Waals surface area contributed by atoms with E-state index in [4.69, 9.17) is 14.5 Å². The van der Waals surface area contributed by atoms with Crippen molar-refractivity contribution in [2.45, 2.75) is 18.9 Å². The second-order valence-electron chi connectivity index (χ2n) is 10.2. The molecule has 0 atom stereocenters. The van der Waals surface area contributed by atoms with Gasteiger partial charge in [0.2, 0.25) is 5.95 Å². The largest absolute Gasteiger partial charge is 0.494 e. The van der Waals surface area contributed by atoms with Crippen LogP contribution in [0.2, 0.25) is 0 Å². The Kier molecular flexibility index (Phi) is 6.97. The van der Waals surface area contributed by atoms with E-state index in [1.165, 1.54) is 0 Å². The number of amides is 1. The van der Waals surface area contributed by atoms with Crippen molar-refractivity contribution < 1.29 is 14.3 Å². The summed E-state index contributed by atoms with van der Waals surface area (Å²) in [6.45, 7) is 5.80. The Hall–Kier alpha value is -3.89. The minimum atomic E-state index is -0.111. The maximum Gasteiger partial charge on any atom is 0.261 e. The topological polar surface area (TPSA) is 86.3 Å². The van der Waals surface area contributed by atoms with Crippen molar-refractivity contribution in [2.24, 2.45) is 0 Å². The molecule has 0 saturated carbocycles. The Morgan fingerprint density at radius 1 is 0.974 bits per heavy atom. The molecule has 3 aliphatic rings. The van der Waals surface area contributed by atoms with E-state index in [2.05, 4.69) is 32.2 Å². The first-order valence-corrected chi connectivity index (χ1v) is 13.5. The number of para-hydroxylation sites is 1. The van der Waals surface area contributed by atoms with Gasteiger partial charge in [-0.05, 0) is 37.1 Å². The summed E-state index contributed by atoms with van der Waals surface area (Å²) >= 11 is 0. The van der Waals surface area contributed by atoms with Crippen molar-refractivity contribution in [1.82, 2.24) is 14.9 Å². The van der Waals surface area contributed by atoms with Crippen LogP contribution in [0.3, 0.4) is 0 Å². The summed E-state index contributed by atoms with van der Waals surface area (Å²) in [4.78, 5) is 31.0. The summed E-state index contributed by atoms with van der Waals surface area (Å²) in [5.41, 5.74) is 4.11. The summed E-state index contributed by atoms with van der Waals surface area (Å²) < 4.78 is 11.3. The molecule has 2 saturated heterocycles. The number of hydrogen-bond acceptors (Lipinski definition) is 9. The van der Waals surface area contributed by atoms with E-state index >= 15 is 0 Å². The number of ether oxygens (including phenoxy) is 2. The molecule has 2 aromatic carbocycles. The lowest BCUT2D eigenvalue weighted by atomic mass is 10.0. The second kappa shape index (κ2) is 10.7. The summed E-state index contributed by atoms with van der Waals surface area (Å²) in [5.74, 6) is 1.54. The second-order valence-corrected chi connectivity index (χ2v) is 10.2. The standard InChI is InChI=1S/C29H35N7O3/c1-33-24-7-5-4-6-22(24)28(37)34(2)27-25(33)19-30-29(32-27)31-23-9-8-21(18-26(23)38-3)35-12-10-20(11-13-35)36-14-16-39-17-15-36/h4-9,18-20H,10-17H2,1-3H3,(H,30,31,32). The molecule has 0 spiro atoms. The number of anilines is 6. The highest BCUT2D eigenvalue weighted by atomic mass is 16.5. The van der Waals surface area contributed by atoms with E-state index in [9.17, 15) is 4.79 Å². The van der Waals surface area contributed by atoms with Gasteiger partial charge in [0.15, 0.2) is 5.82 Å². The number of nitrogens with one attached hydrogen (secondary N) is 1. The summed E-state index contributed by atoms with van der Waals surface area (Å²) in [7, 11) is 5.34. The van der Waals surface area contributed by atoms with Gasteiger partial charge in [-0.15, -0.1) is 0 Å². The highest BCUT2D eigenvalue weighted by molar-refractivity contribution is 6.12. The molecule has 1 N–H and O–H groups in total. The smallest absolute Gasteiger partial charge is 0.261 e. The molecule has 0 bridgehead atoms. The molecule has 4 heterocycles. The Labute approximate surface area is 229 Å². The van der Waals surface area contributed by atoms with E-state index in [1.807, 2.05) is 42.3 Å². The van der Waals surface area contributed by atoms with Gasteiger partial charge in [-0.1, -0.05) is 12.1 Å². The molecule has 0 aliphatic carbocycles. The van der Waals surface area contributed by atoms with E-state index in [-0.39, 0.29) is 5.91 Å². The number of methoxy groups -OCH3 is 1. The van der Waals surface area contributed by atoms with Gasteiger partial charge in [-0.3, -0.25) is 14.6 Å². The molecular formula is C29H35N7O3. The Morgan fingerprint density at radius 3 is 2.51 bits per heavy atom. The number of morpholine rings is 1. The van der Waals surface area contributed by atoms with Crippen LogP contribution in [0.25, 0.3) is 0 Å². The Bertz CT molecular complexity index is 1350. The number of benzene rings is 2. The molecule has 6 rings (SSSR count). The number of rotatable bonds is 5. The molecule has 1 aromatic heterocycles. The van der Waals surface area contributed by atoms with Crippen LogP contribution in [0.4, 0.5) is 34.5 Å². The van der Waals surface area contributed by atoms with E-state index in [1.54, 1.807) is 25.3 Å². The van der Waals surface area contributed by atoms with Crippen molar-refractivity contribution in [1.29, 1.82) is 0 Å². The minimum Gasteiger partial charge on any atom is -0.494 e. The molecule has 0 radical (unpaired) electrons. The lowest BCUT2D eigenvalue weighted by Gasteiger charge is -2.40. The van der Waals surface area contributed by atoms with Gasteiger partial charge in [-0.2, -0.15) is 4.98 Å². The number of carbonyl (C=O) groups excluding carboxylic acids is 1. The third-order valence-electron chi connectivity index (χ3n) is 8.05. The molecule has 0 unspecified atom stereocenters. The molecule has 3 aromatic rings. The van der Waals surface area contributed by atoms with Gasteiger partial charge in [0.05, 0.1) is 43.5 Å². The lowest BCUT2D eigenvalue weighted by molar-refractivity contribution is 0.0115. The number of aromatic nitrogens is 2. The third-order valence-corrected chi connectivity index (χ3v) is 8.05. The van der Waals surface area contributed by atoms with Crippen LogP contribution in [-0.2, 0) is 4.74 Å². The first-order chi connectivity index (χ1) is 19.0. The normalized spacial score (nSPS) is 18.4. The van der Waals surface area contributed by atoms with Gasteiger partial charge in [0.25, 0.3) is 5.91 Å². The summed E-state index contributed by atoms with van der Waals surface area (Å²) in [6, 6.07) is 14.4. The van der Waals surface area contributed by atoms with Gasteiger partial charge in [0, 0.05) is 58.1 Å².